The van der Waals surface area contributed by atoms with Gasteiger partial charge < -0.3 is 24.1 Å². The van der Waals surface area contributed by atoms with Crippen molar-refractivity contribution in [2.24, 2.45) is 5.92 Å². The van der Waals surface area contributed by atoms with E-state index in [1.165, 1.54) is 0 Å². The first kappa shape index (κ1) is 23.6. The Balaban J connectivity index is 2.26. The summed E-state index contributed by atoms with van der Waals surface area (Å²) in [5.74, 6) is -3.34. The molecule has 2 saturated heterocycles. The number of carbonyl (C=O) groups excluding carboxylic acids is 3. The first-order valence-electron chi connectivity index (χ1n) is 9.79. The van der Waals surface area contributed by atoms with Crippen molar-refractivity contribution in [3.63, 3.8) is 0 Å². The van der Waals surface area contributed by atoms with Crippen molar-refractivity contribution in [1.82, 2.24) is 4.90 Å². The molecule has 2 amide bonds. The highest BCUT2D eigenvalue weighted by atomic mass is 16.7. The molecule has 2 fully saturated rings. The topological polar surface area (TPSA) is 112 Å². The summed E-state index contributed by atoms with van der Waals surface area (Å²) in [6.45, 7) is 13.6. The normalized spacial score (nSPS) is 28.4. The van der Waals surface area contributed by atoms with Crippen LogP contribution in [0.5, 0.6) is 0 Å². The lowest BCUT2D eigenvalue weighted by Gasteiger charge is -2.28. The lowest BCUT2D eigenvalue weighted by atomic mass is 9.94. The molecule has 4 atom stereocenters. The number of aliphatic hydroxyl groups is 1. The Hall–Kier alpha value is -1.71. The molecule has 2 rings (SSSR count). The van der Waals surface area contributed by atoms with Gasteiger partial charge in [0.2, 0.25) is 5.91 Å². The second-order valence-corrected chi connectivity index (χ2v) is 9.94. The molecule has 29 heavy (non-hydrogen) atoms. The predicted molar refractivity (Wildman–Crippen MR) is 102 cm³/mol. The predicted octanol–water partition coefficient (Wildman–Crippen LogP) is 1.99. The van der Waals surface area contributed by atoms with E-state index < -0.39 is 59.1 Å². The van der Waals surface area contributed by atoms with Gasteiger partial charge in [0.15, 0.2) is 5.79 Å². The van der Waals surface area contributed by atoms with Gasteiger partial charge in [-0.25, -0.2) is 14.5 Å². The summed E-state index contributed by atoms with van der Waals surface area (Å²) in [5.41, 5.74) is -1.66. The third kappa shape index (κ3) is 5.90. The zero-order valence-electron chi connectivity index (χ0n) is 18.5. The number of aliphatic hydroxyl groups excluding tert-OH is 1. The molecule has 0 radical (unpaired) electrons. The SMILES string of the molecule is CC(C)(C)OC(=O)[C@@H]1C[C@H](C(O)[C@@H]2COC(C)(C)O2)C(=O)N1C(=O)OC(C)(C)C. The second kappa shape index (κ2) is 7.85. The van der Waals surface area contributed by atoms with Gasteiger partial charge in [-0.3, -0.25) is 4.79 Å². The molecule has 2 heterocycles. The van der Waals surface area contributed by atoms with E-state index in [1.54, 1.807) is 55.4 Å². The van der Waals surface area contributed by atoms with Crippen LogP contribution in [-0.4, -0.2) is 69.8 Å². The Morgan fingerprint density at radius 3 is 2.14 bits per heavy atom. The fraction of sp³-hybridized carbons (Fsp3) is 0.850. The third-order valence-corrected chi connectivity index (χ3v) is 4.44. The molecular weight excluding hydrogens is 382 g/mol. The molecule has 0 aromatic rings. The summed E-state index contributed by atoms with van der Waals surface area (Å²) in [6, 6.07) is -1.19. The van der Waals surface area contributed by atoms with Crippen molar-refractivity contribution >= 4 is 18.0 Å². The third-order valence-electron chi connectivity index (χ3n) is 4.44. The van der Waals surface area contributed by atoms with Gasteiger partial charge in [0.1, 0.15) is 23.3 Å². The fourth-order valence-corrected chi connectivity index (χ4v) is 3.31. The maximum Gasteiger partial charge on any atom is 0.417 e. The number of carbonyl (C=O) groups is 3. The Kier molecular flexibility index (Phi) is 6.38. The van der Waals surface area contributed by atoms with E-state index in [1.807, 2.05) is 0 Å². The van der Waals surface area contributed by atoms with E-state index in [4.69, 9.17) is 18.9 Å². The van der Waals surface area contributed by atoms with Crippen LogP contribution in [0.15, 0.2) is 0 Å². The van der Waals surface area contributed by atoms with Gasteiger partial charge in [0, 0.05) is 0 Å². The minimum absolute atomic E-state index is 0.0888. The molecule has 0 saturated carbocycles. The number of rotatable bonds is 3. The molecule has 0 aromatic carbocycles. The fourth-order valence-electron chi connectivity index (χ4n) is 3.31. The summed E-state index contributed by atoms with van der Waals surface area (Å²) < 4.78 is 21.8. The maximum atomic E-state index is 13.0. The molecule has 0 bridgehead atoms. The van der Waals surface area contributed by atoms with Crippen molar-refractivity contribution in [3.8, 4) is 0 Å². The van der Waals surface area contributed by atoms with E-state index in [0.29, 0.717) is 0 Å². The van der Waals surface area contributed by atoms with Crippen molar-refractivity contribution in [2.45, 2.75) is 97.0 Å². The van der Waals surface area contributed by atoms with Crippen LogP contribution in [0.25, 0.3) is 0 Å². The van der Waals surface area contributed by atoms with Gasteiger partial charge in [-0.05, 0) is 61.8 Å². The number of imide groups is 1. The Labute approximate surface area is 171 Å². The summed E-state index contributed by atoms with van der Waals surface area (Å²) in [7, 11) is 0. The highest BCUT2D eigenvalue weighted by Gasteiger charge is 2.54. The number of esters is 1. The number of ether oxygens (including phenoxy) is 4. The first-order chi connectivity index (χ1) is 13.0. The van der Waals surface area contributed by atoms with E-state index in [0.717, 1.165) is 4.90 Å². The van der Waals surface area contributed by atoms with Gasteiger partial charge in [0.25, 0.3) is 0 Å². The van der Waals surface area contributed by atoms with E-state index in [-0.39, 0.29) is 13.0 Å². The van der Waals surface area contributed by atoms with E-state index in [2.05, 4.69) is 0 Å². The number of nitrogens with zero attached hydrogens (tertiary/aromatic N) is 1. The number of hydrogen-bond donors (Lipinski definition) is 1. The number of hydrogen-bond acceptors (Lipinski definition) is 8. The minimum atomic E-state index is -1.25. The smallest absolute Gasteiger partial charge is 0.417 e. The minimum Gasteiger partial charge on any atom is -0.458 e. The van der Waals surface area contributed by atoms with Crippen LogP contribution in [0.2, 0.25) is 0 Å². The highest BCUT2D eigenvalue weighted by molar-refractivity contribution is 6.01. The Bertz CT molecular complexity index is 660. The average Bonchev–Trinajstić information content (AvgIpc) is 3.03. The first-order valence-corrected chi connectivity index (χ1v) is 9.79. The molecule has 2 aliphatic rings. The highest BCUT2D eigenvalue weighted by Crippen LogP contribution is 2.35. The molecular formula is C20H33NO8. The standard InChI is InChI=1S/C20H33NO8/c1-18(2,3)28-16(24)12-9-11(14(22)13-10-26-20(7,8)27-13)15(23)21(12)17(25)29-19(4,5)6/h11-14,22H,9-10H2,1-8H3/t11-,12+,13+,14?/m1/s1. The molecule has 9 heteroatoms. The summed E-state index contributed by atoms with van der Waals surface area (Å²) >= 11 is 0. The molecule has 1 unspecified atom stereocenters. The number of amides is 2. The van der Waals surface area contributed by atoms with Crippen molar-refractivity contribution in [1.29, 1.82) is 0 Å². The van der Waals surface area contributed by atoms with Gasteiger partial charge >= 0.3 is 12.1 Å². The van der Waals surface area contributed by atoms with Crippen LogP contribution in [-0.2, 0) is 28.5 Å². The van der Waals surface area contributed by atoms with Crippen LogP contribution in [0, 0.1) is 5.92 Å². The van der Waals surface area contributed by atoms with E-state index >= 15 is 0 Å². The van der Waals surface area contributed by atoms with Gasteiger partial charge in [0.05, 0.1) is 18.6 Å². The molecule has 9 nitrogen and oxygen atoms in total. The Morgan fingerprint density at radius 2 is 1.69 bits per heavy atom. The molecule has 166 valence electrons. The van der Waals surface area contributed by atoms with Crippen LogP contribution in [0.3, 0.4) is 0 Å². The van der Waals surface area contributed by atoms with Crippen LogP contribution in [0.1, 0.15) is 61.8 Å². The molecule has 0 spiro atoms. The molecule has 2 aliphatic heterocycles. The molecule has 0 aromatic heterocycles. The molecule has 0 aliphatic carbocycles. The van der Waals surface area contributed by atoms with Crippen LogP contribution < -0.4 is 0 Å². The average molecular weight is 415 g/mol. The quantitative estimate of drug-likeness (QED) is 0.697. The van der Waals surface area contributed by atoms with Crippen LogP contribution >= 0.6 is 0 Å². The number of likely N-dealkylation sites (tertiary alicyclic amines) is 1. The largest absolute Gasteiger partial charge is 0.458 e. The zero-order valence-corrected chi connectivity index (χ0v) is 18.5. The molecule has 1 N–H and O–H groups in total. The lowest BCUT2D eigenvalue weighted by molar-refractivity contribution is -0.162. The lowest BCUT2D eigenvalue weighted by Crippen LogP contribution is -2.48. The monoisotopic (exact) mass is 415 g/mol. The summed E-state index contributed by atoms with van der Waals surface area (Å²) in [4.78, 5) is 39.2. The summed E-state index contributed by atoms with van der Waals surface area (Å²) in [6.07, 6.45) is -3.04. The maximum absolute atomic E-state index is 13.0. The van der Waals surface area contributed by atoms with Gasteiger partial charge in [-0.1, -0.05) is 0 Å². The van der Waals surface area contributed by atoms with Gasteiger partial charge in [-0.2, -0.15) is 0 Å². The van der Waals surface area contributed by atoms with Crippen molar-refractivity contribution < 1.29 is 38.4 Å². The van der Waals surface area contributed by atoms with Crippen molar-refractivity contribution in [2.75, 3.05) is 6.61 Å². The van der Waals surface area contributed by atoms with E-state index in [9.17, 15) is 19.5 Å². The summed E-state index contributed by atoms with van der Waals surface area (Å²) in [5, 5.41) is 10.8. The van der Waals surface area contributed by atoms with Gasteiger partial charge in [-0.15, -0.1) is 0 Å². The van der Waals surface area contributed by atoms with Crippen molar-refractivity contribution in [3.05, 3.63) is 0 Å². The van der Waals surface area contributed by atoms with Crippen LogP contribution in [0.4, 0.5) is 4.79 Å². The second-order valence-electron chi connectivity index (χ2n) is 9.94. The Morgan fingerprint density at radius 1 is 1.14 bits per heavy atom. The zero-order chi connectivity index (χ0) is 22.4.